The van der Waals surface area contributed by atoms with E-state index in [-0.39, 0.29) is 0 Å². The summed E-state index contributed by atoms with van der Waals surface area (Å²) >= 11 is 3.49. The highest BCUT2D eigenvalue weighted by molar-refractivity contribution is 9.10. The maximum Gasteiger partial charge on any atom is 0.205 e. The highest BCUT2D eigenvalue weighted by Gasteiger charge is 2.10. The molecule has 4 nitrogen and oxygen atoms in total. The zero-order valence-electron chi connectivity index (χ0n) is 9.76. The third kappa shape index (κ3) is 1.67. The number of aryl methyl sites for hydroxylation is 1. The van der Waals surface area contributed by atoms with Crippen LogP contribution in [0.1, 0.15) is 5.56 Å². The summed E-state index contributed by atoms with van der Waals surface area (Å²) in [4.78, 5) is 8.36. The number of imidazole rings is 1. The minimum atomic E-state index is 0.472. The number of hydrogen-bond acceptors (Lipinski definition) is 3. The molecule has 0 saturated heterocycles. The van der Waals surface area contributed by atoms with E-state index in [2.05, 4.69) is 32.0 Å². The van der Waals surface area contributed by atoms with Gasteiger partial charge in [-0.25, -0.2) is 4.98 Å². The molecule has 1 aromatic carbocycles. The molecule has 0 bridgehead atoms. The molecule has 0 aliphatic rings. The van der Waals surface area contributed by atoms with Gasteiger partial charge < -0.3 is 5.73 Å². The van der Waals surface area contributed by atoms with Crippen molar-refractivity contribution >= 4 is 32.9 Å². The first-order valence-corrected chi connectivity index (χ1v) is 6.30. The Labute approximate surface area is 113 Å². The summed E-state index contributed by atoms with van der Waals surface area (Å²) < 4.78 is 3.01. The maximum absolute atomic E-state index is 5.99. The Kier molecular flexibility index (Phi) is 2.56. The molecule has 3 rings (SSSR count). The van der Waals surface area contributed by atoms with E-state index in [1.807, 2.05) is 29.7 Å². The van der Waals surface area contributed by atoms with Crippen molar-refractivity contribution in [3.63, 3.8) is 0 Å². The Morgan fingerprint density at radius 2 is 2.11 bits per heavy atom. The normalized spacial score (nSPS) is 11.0. The van der Waals surface area contributed by atoms with Crippen LogP contribution in [0.25, 0.3) is 16.7 Å². The van der Waals surface area contributed by atoms with Crippen LogP contribution in [0.5, 0.6) is 0 Å². The lowest BCUT2D eigenvalue weighted by atomic mass is 10.2. The Bertz CT molecular complexity index is 733. The topological polar surface area (TPSA) is 56.7 Å². The van der Waals surface area contributed by atoms with E-state index in [1.54, 1.807) is 12.4 Å². The molecule has 18 heavy (non-hydrogen) atoms. The standard InChI is InChI=1S/C13H11BrN4/c1-8-6-9(2-3-10(8)14)18-12-4-5-16-7-11(12)17-13(18)15/h2-7H,1H3,(H2,15,17). The number of fused-ring (bicyclic) bond motifs is 1. The summed E-state index contributed by atoms with van der Waals surface area (Å²) in [5.74, 6) is 0.472. The van der Waals surface area contributed by atoms with Crippen molar-refractivity contribution in [1.29, 1.82) is 0 Å². The van der Waals surface area contributed by atoms with Gasteiger partial charge in [0.15, 0.2) is 0 Å². The third-order valence-corrected chi connectivity index (χ3v) is 3.77. The van der Waals surface area contributed by atoms with Crippen LogP contribution in [0, 0.1) is 6.92 Å². The molecule has 0 unspecified atom stereocenters. The van der Waals surface area contributed by atoms with E-state index < -0.39 is 0 Å². The summed E-state index contributed by atoms with van der Waals surface area (Å²) in [6.45, 7) is 2.05. The molecule has 0 spiro atoms. The van der Waals surface area contributed by atoms with Gasteiger partial charge in [-0.15, -0.1) is 0 Å². The zero-order valence-corrected chi connectivity index (χ0v) is 11.3. The van der Waals surface area contributed by atoms with Gasteiger partial charge in [-0.3, -0.25) is 9.55 Å². The van der Waals surface area contributed by atoms with Gasteiger partial charge in [0.2, 0.25) is 5.95 Å². The van der Waals surface area contributed by atoms with Crippen molar-refractivity contribution in [3.8, 4) is 5.69 Å². The Morgan fingerprint density at radius 3 is 2.89 bits per heavy atom. The van der Waals surface area contributed by atoms with Gasteiger partial charge >= 0.3 is 0 Å². The van der Waals surface area contributed by atoms with E-state index >= 15 is 0 Å². The van der Waals surface area contributed by atoms with Gasteiger partial charge in [-0.2, -0.15) is 0 Å². The molecule has 90 valence electrons. The van der Waals surface area contributed by atoms with Crippen molar-refractivity contribution in [2.24, 2.45) is 0 Å². The molecular weight excluding hydrogens is 292 g/mol. The quantitative estimate of drug-likeness (QED) is 0.751. The van der Waals surface area contributed by atoms with Crippen molar-refractivity contribution < 1.29 is 0 Å². The molecule has 0 aliphatic heterocycles. The molecule has 3 aromatic rings. The van der Waals surface area contributed by atoms with Gasteiger partial charge in [0.25, 0.3) is 0 Å². The second-order valence-corrected chi connectivity index (χ2v) is 4.96. The predicted octanol–water partition coefficient (Wildman–Crippen LogP) is 3.07. The maximum atomic E-state index is 5.99. The minimum absolute atomic E-state index is 0.472. The van der Waals surface area contributed by atoms with Crippen LogP contribution >= 0.6 is 15.9 Å². The van der Waals surface area contributed by atoms with Crippen LogP contribution < -0.4 is 5.73 Å². The lowest BCUT2D eigenvalue weighted by Crippen LogP contribution is -2.00. The van der Waals surface area contributed by atoms with Crippen molar-refractivity contribution in [1.82, 2.24) is 14.5 Å². The van der Waals surface area contributed by atoms with Crippen LogP contribution in [0.2, 0.25) is 0 Å². The van der Waals surface area contributed by atoms with Crippen molar-refractivity contribution in [2.75, 3.05) is 5.73 Å². The van der Waals surface area contributed by atoms with Crippen LogP contribution in [-0.2, 0) is 0 Å². The second kappa shape index (κ2) is 4.10. The van der Waals surface area contributed by atoms with Gasteiger partial charge in [0.05, 0.1) is 11.7 Å². The minimum Gasteiger partial charge on any atom is -0.369 e. The number of aromatic nitrogens is 3. The summed E-state index contributed by atoms with van der Waals surface area (Å²) in [5, 5.41) is 0. The van der Waals surface area contributed by atoms with E-state index in [4.69, 9.17) is 5.73 Å². The monoisotopic (exact) mass is 302 g/mol. The first-order chi connectivity index (χ1) is 8.66. The number of benzene rings is 1. The number of nitrogens with zero attached hydrogens (tertiary/aromatic N) is 3. The molecule has 0 atom stereocenters. The van der Waals surface area contributed by atoms with Crippen molar-refractivity contribution in [3.05, 3.63) is 46.7 Å². The summed E-state index contributed by atoms with van der Waals surface area (Å²) in [6, 6.07) is 8.00. The second-order valence-electron chi connectivity index (χ2n) is 4.10. The fraction of sp³-hybridized carbons (Fsp3) is 0.0769. The van der Waals surface area contributed by atoms with Gasteiger partial charge in [-0.1, -0.05) is 15.9 Å². The number of hydrogen-bond donors (Lipinski definition) is 1. The Hall–Kier alpha value is -1.88. The summed E-state index contributed by atoms with van der Waals surface area (Å²) in [5.41, 5.74) is 9.91. The van der Waals surface area contributed by atoms with Crippen molar-refractivity contribution in [2.45, 2.75) is 6.92 Å². The first kappa shape index (κ1) is 11.2. The lowest BCUT2D eigenvalue weighted by Gasteiger charge is -2.08. The van der Waals surface area contributed by atoms with E-state index in [9.17, 15) is 0 Å². The SMILES string of the molecule is Cc1cc(-n2c(N)nc3cnccc32)ccc1Br. The number of pyridine rings is 1. The molecule has 0 fully saturated rings. The molecule has 2 heterocycles. The third-order valence-electron chi connectivity index (χ3n) is 2.88. The number of nitrogen functional groups attached to an aromatic ring is 1. The summed E-state index contributed by atoms with van der Waals surface area (Å²) in [6.07, 6.45) is 3.46. The highest BCUT2D eigenvalue weighted by atomic mass is 79.9. The first-order valence-electron chi connectivity index (χ1n) is 5.51. The smallest absolute Gasteiger partial charge is 0.205 e. The molecule has 2 aromatic heterocycles. The molecule has 0 aliphatic carbocycles. The molecular formula is C13H11BrN4. The van der Waals surface area contributed by atoms with Crippen LogP contribution in [-0.4, -0.2) is 14.5 Å². The fourth-order valence-electron chi connectivity index (χ4n) is 1.99. The highest BCUT2D eigenvalue weighted by Crippen LogP contribution is 2.25. The van der Waals surface area contributed by atoms with Gasteiger partial charge in [0, 0.05) is 16.4 Å². The molecule has 2 N–H and O–H groups in total. The largest absolute Gasteiger partial charge is 0.369 e. The predicted molar refractivity (Wildman–Crippen MR) is 75.7 cm³/mol. The number of anilines is 1. The molecule has 5 heteroatoms. The van der Waals surface area contributed by atoms with Gasteiger partial charge in [0.1, 0.15) is 5.52 Å². The number of halogens is 1. The van der Waals surface area contributed by atoms with Gasteiger partial charge in [-0.05, 0) is 36.8 Å². The molecule has 0 radical (unpaired) electrons. The lowest BCUT2D eigenvalue weighted by molar-refractivity contribution is 1.10. The molecule has 0 saturated carbocycles. The number of rotatable bonds is 1. The average Bonchev–Trinajstić information content (AvgIpc) is 2.69. The Balaban J connectivity index is 2.30. The van der Waals surface area contributed by atoms with E-state index in [0.717, 1.165) is 26.8 Å². The Morgan fingerprint density at radius 1 is 1.28 bits per heavy atom. The van der Waals surface area contributed by atoms with Crippen LogP contribution in [0.3, 0.4) is 0 Å². The van der Waals surface area contributed by atoms with Crippen LogP contribution in [0.15, 0.2) is 41.1 Å². The molecule has 0 amide bonds. The number of nitrogens with two attached hydrogens (primary N) is 1. The zero-order chi connectivity index (χ0) is 12.7. The van der Waals surface area contributed by atoms with Crippen LogP contribution in [0.4, 0.5) is 5.95 Å². The fourth-order valence-corrected chi connectivity index (χ4v) is 2.24. The van der Waals surface area contributed by atoms with E-state index in [0.29, 0.717) is 5.95 Å². The average molecular weight is 303 g/mol. The van der Waals surface area contributed by atoms with E-state index in [1.165, 1.54) is 0 Å². The summed E-state index contributed by atoms with van der Waals surface area (Å²) in [7, 11) is 0.